The maximum absolute atomic E-state index is 12.2. The Morgan fingerprint density at radius 2 is 2.10 bits per heavy atom. The minimum absolute atomic E-state index is 0.0231. The molecular weight excluding hydrogens is 278 g/mol. The van der Waals surface area contributed by atoms with Gasteiger partial charge in [-0.1, -0.05) is 6.92 Å². The van der Waals surface area contributed by atoms with Crippen LogP contribution >= 0.6 is 11.8 Å². The summed E-state index contributed by atoms with van der Waals surface area (Å²) in [5.74, 6) is 1.37. The first kappa shape index (κ1) is 15.6. The topological polar surface area (TPSA) is 61.9 Å². The molecule has 0 aromatic rings. The second-order valence-electron chi connectivity index (χ2n) is 4.98. The first-order chi connectivity index (χ1) is 9.72. The highest BCUT2D eigenvalue weighted by molar-refractivity contribution is 7.99. The van der Waals surface area contributed by atoms with Crippen LogP contribution in [0, 0.1) is 0 Å². The number of nitrogens with one attached hydrogen (secondary N) is 1. The van der Waals surface area contributed by atoms with Crippen molar-refractivity contribution in [1.82, 2.24) is 15.1 Å². The van der Waals surface area contributed by atoms with E-state index in [9.17, 15) is 9.59 Å². The highest BCUT2D eigenvalue weighted by Gasteiger charge is 2.33. The van der Waals surface area contributed by atoms with Crippen molar-refractivity contribution in [3.05, 3.63) is 0 Å². The molecule has 2 aliphatic rings. The van der Waals surface area contributed by atoms with Crippen LogP contribution in [0.3, 0.4) is 0 Å². The van der Waals surface area contributed by atoms with Crippen LogP contribution in [0.2, 0.25) is 0 Å². The quantitative estimate of drug-likeness (QED) is 0.758. The molecule has 7 heteroatoms. The summed E-state index contributed by atoms with van der Waals surface area (Å²) in [6.45, 7) is 6.70. The summed E-state index contributed by atoms with van der Waals surface area (Å²) in [7, 11) is 0. The predicted octanol–water partition coefficient (Wildman–Crippen LogP) is -0.254. The Hall–Kier alpha value is -0.790. The molecule has 2 aliphatic heterocycles. The van der Waals surface area contributed by atoms with Crippen LogP contribution in [0.25, 0.3) is 0 Å². The number of hydrogen-bond acceptors (Lipinski definition) is 5. The second kappa shape index (κ2) is 7.85. The van der Waals surface area contributed by atoms with Crippen molar-refractivity contribution in [2.45, 2.75) is 19.4 Å². The van der Waals surface area contributed by atoms with Crippen molar-refractivity contribution in [3.63, 3.8) is 0 Å². The summed E-state index contributed by atoms with van der Waals surface area (Å²) in [5.41, 5.74) is 0. The lowest BCUT2D eigenvalue weighted by molar-refractivity contribution is -0.137. The Morgan fingerprint density at radius 1 is 1.35 bits per heavy atom. The number of thioether (sulfide) groups is 1. The fourth-order valence-corrected chi connectivity index (χ4v) is 3.57. The third-order valence-corrected chi connectivity index (χ3v) is 4.65. The lowest BCUT2D eigenvalue weighted by atomic mass is 10.2. The molecule has 0 radical (unpaired) electrons. The van der Waals surface area contributed by atoms with Gasteiger partial charge in [-0.15, -0.1) is 11.8 Å². The Morgan fingerprint density at radius 3 is 2.80 bits per heavy atom. The van der Waals surface area contributed by atoms with Crippen LogP contribution in [-0.4, -0.2) is 78.7 Å². The SMILES string of the molecule is CCC(=O)N1CSCC1C(=O)NCCN1CCOCC1. The van der Waals surface area contributed by atoms with Crippen LogP contribution in [-0.2, 0) is 14.3 Å². The molecule has 20 heavy (non-hydrogen) atoms. The maximum Gasteiger partial charge on any atom is 0.243 e. The molecule has 2 fully saturated rings. The first-order valence-electron chi connectivity index (χ1n) is 7.17. The molecule has 0 spiro atoms. The van der Waals surface area contributed by atoms with E-state index in [1.165, 1.54) is 0 Å². The number of carbonyl (C=O) groups excluding carboxylic acids is 2. The summed E-state index contributed by atoms with van der Waals surface area (Å²) in [6.07, 6.45) is 0.456. The number of amides is 2. The summed E-state index contributed by atoms with van der Waals surface area (Å²) in [5, 5.41) is 2.95. The standard InChI is InChI=1S/C13H23N3O3S/c1-2-12(17)16-10-20-9-11(16)13(18)14-3-4-15-5-7-19-8-6-15/h11H,2-10H2,1H3,(H,14,18). The Kier molecular flexibility index (Phi) is 6.12. The smallest absolute Gasteiger partial charge is 0.243 e. The first-order valence-corrected chi connectivity index (χ1v) is 8.33. The monoisotopic (exact) mass is 301 g/mol. The number of ether oxygens (including phenoxy) is 1. The van der Waals surface area contributed by atoms with Crippen LogP contribution in [0.1, 0.15) is 13.3 Å². The lowest BCUT2D eigenvalue weighted by Gasteiger charge is -2.27. The molecule has 0 aliphatic carbocycles. The van der Waals surface area contributed by atoms with Crippen molar-refractivity contribution in [1.29, 1.82) is 0 Å². The van der Waals surface area contributed by atoms with Gasteiger partial charge in [0.1, 0.15) is 6.04 Å². The number of morpholine rings is 1. The van der Waals surface area contributed by atoms with Gasteiger partial charge in [0, 0.05) is 38.4 Å². The fraction of sp³-hybridized carbons (Fsp3) is 0.846. The highest BCUT2D eigenvalue weighted by Crippen LogP contribution is 2.21. The summed E-state index contributed by atoms with van der Waals surface area (Å²) in [4.78, 5) is 27.9. The third-order valence-electron chi connectivity index (χ3n) is 3.64. The molecule has 2 amide bonds. The molecule has 1 unspecified atom stereocenters. The van der Waals surface area contributed by atoms with Crippen molar-refractivity contribution in [3.8, 4) is 0 Å². The van der Waals surface area contributed by atoms with Crippen LogP contribution in [0.15, 0.2) is 0 Å². The molecule has 2 heterocycles. The molecule has 1 N–H and O–H groups in total. The molecule has 2 saturated heterocycles. The molecule has 0 saturated carbocycles. The van der Waals surface area contributed by atoms with E-state index in [2.05, 4.69) is 10.2 Å². The van der Waals surface area contributed by atoms with Gasteiger partial charge in [0.25, 0.3) is 0 Å². The third kappa shape index (κ3) is 4.10. The Labute approximate surface area is 124 Å². The Balaban J connectivity index is 1.72. The fourth-order valence-electron chi connectivity index (χ4n) is 2.39. The molecule has 0 aromatic carbocycles. The van der Waals surface area contributed by atoms with Crippen molar-refractivity contribution < 1.29 is 14.3 Å². The molecule has 2 rings (SSSR count). The summed E-state index contributed by atoms with van der Waals surface area (Å²) in [6, 6.07) is -0.294. The van der Waals surface area contributed by atoms with E-state index in [1.54, 1.807) is 16.7 Å². The summed E-state index contributed by atoms with van der Waals surface area (Å²) >= 11 is 1.64. The van der Waals surface area contributed by atoms with Gasteiger partial charge in [0.15, 0.2) is 0 Å². The molecule has 6 nitrogen and oxygen atoms in total. The van der Waals surface area contributed by atoms with Gasteiger partial charge in [-0.2, -0.15) is 0 Å². The van der Waals surface area contributed by atoms with Crippen molar-refractivity contribution in [2.24, 2.45) is 0 Å². The second-order valence-corrected chi connectivity index (χ2v) is 5.98. The number of rotatable bonds is 5. The van der Waals surface area contributed by atoms with Gasteiger partial charge in [-0.05, 0) is 0 Å². The molecule has 1 atom stereocenters. The molecule has 0 aromatic heterocycles. The minimum atomic E-state index is -0.294. The normalized spacial score (nSPS) is 23.9. The summed E-state index contributed by atoms with van der Waals surface area (Å²) < 4.78 is 5.29. The number of hydrogen-bond donors (Lipinski definition) is 1. The zero-order valence-corrected chi connectivity index (χ0v) is 12.8. The van der Waals surface area contributed by atoms with Gasteiger partial charge >= 0.3 is 0 Å². The predicted molar refractivity (Wildman–Crippen MR) is 78.5 cm³/mol. The van der Waals surface area contributed by atoms with E-state index < -0.39 is 0 Å². The number of nitrogens with zero attached hydrogens (tertiary/aromatic N) is 2. The van der Waals surface area contributed by atoms with E-state index >= 15 is 0 Å². The Bertz CT molecular complexity index is 348. The van der Waals surface area contributed by atoms with Crippen molar-refractivity contribution in [2.75, 3.05) is 51.0 Å². The molecule has 114 valence electrons. The van der Waals surface area contributed by atoms with E-state index in [4.69, 9.17) is 4.74 Å². The largest absolute Gasteiger partial charge is 0.379 e. The maximum atomic E-state index is 12.2. The van der Waals surface area contributed by atoms with Crippen LogP contribution in [0.4, 0.5) is 0 Å². The molecule has 0 bridgehead atoms. The number of carbonyl (C=O) groups is 2. The zero-order valence-electron chi connectivity index (χ0n) is 12.0. The van der Waals surface area contributed by atoms with Gasteiger partial charge in [-0.3, -0.25) is 14.5 Å². The van der Waals surface area contributed by atoms with Gasteiger partial charge in [0.2, 0.25) is 11.8 Å². The van der Waals surface area contributed by atoms with Crippen LogP contribution < -0.4 is 5.32 Å². The molecular formula is C13H23N3O3S. The van der Waals surface area contributed by atoms with E-state index in [0.29, 0.717) is 24.6 Å². The minimum Gasteiger partial charge on any atom is -0.379 e. The zero-order chi connectivity index (χ0) is 14.4. The lowest BCUT2D eigenvalue weighted by Crippen LogP contribution is -2.49. The van der Waals surface area contributed by atoms with Gasteiger partial charge in [0.05, 0.1) is 19.1 Å². The van der Waals surface area contributed by atoms with Gasteiger partial charge < -0.3 is 15.0 Å². The average Bonchev–Trinajstić information content (AvgIpc) is 2.97. The van der Waals surface area contributed by atoms with Gasteiger partial charge in [-0.25, -0.2) is 0 Å². The average molecular weight is 301 g/mol. The van der Waals surface area contributed by atoms with E-state index in [1.807, 2.05) is 6.92 Å². The van der Waals surface area contributed by atoms with Crippen LogP contribution in [0.5, 0.6) is 0 Å². The van der Waals surface area contributed by atoms with E-state index in [-0.39, 0.29) is 17.9 Å². The van der Waals surface area contributed by atoms with Crippen molar-refractivity contribution >= 4 is 23.6 Å². The highest BCUT2D eigenvalue weighted by atomic mass is 32.2. The van der Waals surface area contributed by atoms with E-state index in [0.717, 1.165) is 32.8 Å².